The summed E-state index contributed by atoms with van der Waals surface area (Å²) in [6.07, 6.45) is 0. The first kappa shape index (κ1) is 13.8. The number of ether oxygens (including phenoxy) is 1. The van der Waals surface area contributed by atoms with Crippen LogP contribution < -0.4 is 5.73 Å². The number of carbonyl (C=O) groups is 1. The maximum absolute atomic E-state index is 12.1. The van der Waals surface area contributed by atoms with Crippen LogP contribution in [0.4, 0.5) is 5.69 Å². The number of anilines is 1. The van der Waals surface area contributed by atoms with Crippen LogP contribution in [0.5, 0.6) is 0 Å². The normalized spacial score (nSPS) is 12.2. The van der Waals surface area contributed by atoms with Crippen molar-refractivity contribution < 1.29 is 9.53 Å². The van der Waals surface area contributed by atoms with Crippen molar-refractivity contribution in [3.63, 3.8) is 0 Å². The summed E-state index contributed by atoms with van der Waals surface area (Å²) in [6, 6.07) is 4.85. The summed E-state index contributed by atoms with van der Waals surface area (Å²) in [5, 5.41) is 0.520. The number of methoxy groups -OCH3 is 1. The zero-order valence-electron chi connectivity index (χ0n) is 10.2. The molecule has 0 heterocycles. The molecule has 0 saturated heterocycles. The number of rotatable bonds is 4. The van der Waals surface area contributed by atoms with E-state index in [4.69, 9.17) is 22.1 Å². The fourth-order valence-corrected chi connectivity index (χ4v) is 1.65. The van der Waals surface area contributed by atoms with Crippen LogP contribution in [0.15, 0.2) is 18.2 Å². The average Bonchev–Trinajstić information content (AvgIpc) is 2.27. The van der Waals surface area contributed by atoms with Crippen molar-refractivity contribution in [3.8, 4) is 0 Å². The van der Waals surface area contributed by atoms with Crippen LogP contribution in [-0.4, -0.2) is 37.6 Å². The lowest BCUT2D eigenvalue weighted by molar-refractivity contribution is 0.0634. The number of hydrogen-bond donors (Lipinski definition) is 1. The van der Waals surface area contributed by atoms with E-state index in [1.807, 2.05) is 6.92 Å². The molecule has 1 amide bonds. The van der Waals surface area contributed by atoms with Crippen molar-refractivity contribution >= 4 is 23.2 Å². The van der Waals surface area contributed by atoms with Crippen molar-refractivity contribution in [1.29, 1.82) is 0 Å². The van der Waals surface area contributed by atoms with Crippen LogP contribution in [0.25, 0.3) is 0 Å². The highest BCUT2D eigenvalue weighted by Crippen LogP contribution is 2.19. The largest absolute Gasteiger partial charge is 0.398 e. The van der Waals surface area contributed by atoms with Crippen LogP contribution >= 0.6 is 11.6 Å². The summed E-state index contributed by atoms with van der Waals surface area (Å²) in [4.78, 5) is 13.7. The third-order valence-electron chi connectivity index (χ3n) is 2.63. The number of amides is 1. The van der Waals surface area contributed by atoms with Gasteiger partial charge in [0.25, 0.3) is 5.91 Å². The fraction of sp³-hybridized carbons (Fsp3) is 0.417. The van der Waals surface area contributed by atoms with Gasteiger partial charge in [0.05, 0.1) is 18.2 Å². The summed E-state index contributed by atoms with van der Waals surface area (Å²) >= 11 is 5.79. The first-order valence-electron chi connectivity index (χ1n) is 5.28. The molecule has 0 aliphatic heterocycles. The summed E-state index contributed by atoms with van der Waals surface area (Å²) in [6.45, 7) is 2.39. The van der Waals surface area contributed by atoms with Gasteiger partial charge in [-0.2, -0.15) is 0 Å². The molecular formula is C12H17ClN2O2. The van der Waals surface area contributed by atoms with E-state index in [1.54, 1.807) is 37.3 Å². The molecule has 0 fully saturated rings. The second-order valence-electron chi connectivity index (χ2n) is 3.95. The molecule has 1 unspecified atom stereocenters. The molecule has 1 atom stereocenters. The molecular weight excluding hydrogens is 240 g/mol. The first-order chi connectivity index (χ1) is 7.97. The molecule has 0 radical (unpaired) electrons. The standard InChI is InChI=1S/C12H17ClN2O2/c1-8(7-17-3)15(2)12(16)10-5-4-9(13)6-11(10)14/h4-6,8H,7,14H2,1-3H3. The molecule has 0 aromatic heterocycles. The highest BCUT2D eigenvalue weighted by molar-refractivity contribution is 6.31. The second-order valence-corrected chi connectivity index (χ2v) is 4.39. The van der Waals surface area contributed by atoms with Gasteiger partial charge in [-0.15, -0.1) is 0 Å². The highest BCUT2D eigenvalue weighted by Gasteiger charge is 2.19. The summed E-state index contributed by atoms with van der Waals surface area (Å²) in [5.74, 6) is -0.135. The average molecular weight is 257 g/mol. The van der Waals surface area contributed by atoms with E-state index in [2.05, 4.69) is 0 Å². The number of nitrogens with zero attached hydrogens (tertiary/aromatic N) is 1. The quantitative estimate of drug-likeness (QED) is 0.839. The van der Waals surface area contributed by atoms with Gasteiger partial charge in [-0.1, -0.05) is 11.6 Å². The third-order valence-corrected chi connectivity index (χ3v) is 2.87. The Morgan fingerprint density at radius 3 is 2.76 bits per heavy atom. The maximum Gasteiger partial charge on any atom is 0.256 e. The van der Waals surface area contributed by atoms with Crippen molar-refractivity contribution in [1.82, 2.24) is 4.90 Å². The molecule has 0 spiro atoms. The molecule has 0 aliphatic rings. The van der Waals surface area contributed by atoms with Gasteiger partial charge in [0, 0.05) is 24.9 Å². The Bertz CT molecular complexity index is 409. The van der Waals surface area contributed by atoms with Gasteiger partial charge in [0.2, 0.25) is 0 Å². The molecule has 4 nitrogen and oxygen atoms in total. The molecule has 0 saturated carbocycles. The van der Waals surface area contributed by atoms with Gasteiger partial charge >= 0.3 is 0 Å². The summed E-state index contributed by atoms with van der Waals surface area (Å²) in [5.41, 5.74) is 6.62. The van der Waals surface area contributed by atoms with Crippen LogP contribution in [-0.2, 0) is 4.74 Å². The van der Waals surface area contributed by atoms with E-state index in [9.17, 15) is 4.79 Å². The highest BCUT2D eigenvalue weighted by atomic mass is 35.5. The lowest BCUT2D eigenvalue weighted by Crippen LogP contribution is -2.38. The minimum absolute atomic E-state index is 0.0115. The van der Waals surface area contributed by atoms with E-state index in [0.29, 0.717) is 22.9 Å². The SMILES string of the molecule is COCC(C)N(C)C(=O)c1ccc(Cl)cc1N. The smallest absolute Gasteiger partial charge is 0.256 e. The summed E-state index contributed by atoms with van der Waals surface area (Å²) in [7, 11) is 3.32. The van der Waals surface area contributed by atoms with Crippen LogP contribution in [0, 0.1) is 0 Å². The van der Waals surface area contributed by atoms with Crippen molar-refractivity contribution in [3.05, 3.63) is 28.8 Å². The topological polar surface area (TPSA) is 55.6 Å². The van der Waals surface area contributed by atoms with E-state index in [0.717, 1.165) is 0 Å². The van der Waals surface area contributed by atoms with E-state index < -0.39 is 0 Å². The van der Waals surface area contributed by atoms with E-state index >= 15 is 0 Å². The lowest BCUT2D eigenvalue weighted by atomic mass is 10.1. The molecule has 1 rings (SSSR count). The minimum atomic E-state index is -0.135. The Kier molecular flexibility index (Phi) is 4.78. The number of halogens is 1. The van der Waals surface area contributed by atoms with Crippen molar-refractivity contribution in [2.45, 2.75) is 13.0 Å². The molecule has 2 N–H and O–H groups in total. The molecule has 0 aliphatic carbocycles. The Balaban J connectivity index is 2.88. The molecule has 94 valence electrons. The molecule has 17 heavy (non-hydrogen) atoms. The second kappa shape index (κ2) is 5.89. The van der Waals surface area contributed by atoms with Gasteiger partial charge in [0.1, 0.15) is 0 Å². The van der Waals surface area contributed by atoms with Gasteiger partial charge in [-0.25, -0.2) is 0 Å². The van der Waals surface area contributed by atoms with Gasteiger partial charge < -0.3 is 15.4 Å². The molecule has 5 heteroatoms. The third kappa shape index (κ3) is 3.35. The zero-order valence-corrected chi connectivity index (χ0v) is 11.0. The zero-order chi connectivity index (χ0) is 13.0. The van der Waals surface area contributed by atoms with Gasteiger partial charge in [-0.05, 0) is 25.1 Å². The fourth-order valence-electron chi connectivity index (χ4n) is 1.47. The van der Waals surface area contributed by atoms with Crippen LogP contribution in [0.3, 0.4) is 0 Å². The minimum Gasteiger partial charge on any atom is -0.398 e. The lowest BCUT2D eigenvalue weighted by Gasteiger charge is -2.24. The predicted octanol–water partition coefficient (Wildman–Crippen LogP) is 2.03. The number of carbonyl (C=O) groups excluding carboxylic acids is 1. The summed E-state index contributed by atoms with van der Waals surface area (Å²) < 4.78 is 5.01. The molecule has 1 aromatic rings. The van der Waals surface area contributed by atoms with Crippen LogP contribution in [0.2, 0.25) is 5.02 Å². The number of nitrogens with two attached hydrogens (primary N) is 1. The van der Waals surface area contributed by atoms with Gasteiger partial charge in [0.15, 0.2) is 0 Å². The van der Waals surface area contributed by atoms with Crippen molar-refractivity contribution in [2.24, 2.45) is 0 Å². The maximum atomic E-state index is 12.1. The number of likely N-dealkylation sites (N-methyl/N-ethyl adjacent to an activating group) is 1. The molecule has 1 aromatic carbocycles. The van der Waals surface area contributed by atoms with Gasteiger partial charge in [-0.3, -0.25) is 4.79 Å². The Morgan fingerprint density at radius 2 is 2.24 bits per heavy atom. The van der Waals surface area contributed by atoms with E-state index in [1.165, 1.54) is 0 Å². The Hall–Kier alpha value is -1.26. The number of nitrogen functional groups attached to an aromatic ring is 1. The Labute approximate surface area is 106 Å². The van der Waals surface area contributed by atoms with Crippen LogP contribution in [0.1, 0.15) is 17.3 Å². The number of benzene rings is 1. The first-order valence-corrected chi connectivity index (χ1v) is 5.66. The predicted molar refractivity (Wildman–Crippen MR) is 69.3 cm³/mol. The molecule has 0 bridgehead atoms. The van der Waals surface area contributed by atoms with Crippen molar-refractivity contribution in [2.75, 3.05) is 26.5 Å². The van der Waals surface area contributed by atoms with E-state index in [-0.39, 0.29) is 11.9 Å². The Morgan fingerprint density at radius 1 is 1.59 bits per heavy atom. The monoisotopic (exact) mass is 256 g/mol. The number of hydrogen-bond acceptors (Lipinski definition) is 3.